The Morgan fingerprint density at radius 1 is 1.00 bits per heavy atom. The van der Waals surface area contributed by atoms with Crippen LogP contribution in [0.25, 0.3) is 0 Å². The van der Waals surface area contributed by atoms with Crippen molar-refractivity contribution in [3.05, 3.63) is 67.9 Å². The predicted octanol–water partition coefficient (Wildman–Crippen LogP) is 6.07. The lowest BCUT2D eigenvalue weighted by molar-refractivity contribution is 0.490. The highest BCUT2D eigenvalue weighted by Crippen LogP contribution is 2.28. The van der Waals surface area contributed by atoms with E-state index < -0.39 is 0 Å². The first kappa shape index (κ1) is 16.7. The molecule has 1 N–H and O–H groups in total. The van der Waals surface area contributed by atoms with Gasteiger partial charge in [0.05, 0.1) is 0 Å². The molecular weight excluding hydrogens is 397 g/mol. The summed E-state index contributed by atoms with van der Waals surface area (Å²) in [5.74, 6) is -0.154. The zero-order chi connectivity index (χ0) is 15.6. The molecule has 0 aliphatic heterocycles. The minimum atomic E-state index is -0.154. The van der Waals surface area contributed by atoms with Crippen molar-refractivity contribution < 1.29 is 4.39 Å². The Bertz CT molecular complexity index is 643. The van der Waals surface area contributed by atoms with Crippen LogP contribution in [-0.4, -0.2) is 0 Å². The van der Waals surface area contributed by atoms with Crippen LogP contribution in [0, 0.1) is 12.7 Å². The molecule has 112 valence electrons. The van der Waals surface area contributed by atoms with E-state index in [1.165, 1.54) is 5.56 Å². The van der Waals surface area contributed by atoms with E-state index in [0.29, 0.717) is 5.56 Å². The summed E-state index contributed by atoms with van der Waals surface area (Å²) in [6, 6.07) is 11.8. The molecule has 2 aromatic rings. The number of hydrogen-bond acceptors (Lipinski definition) is 1. The van der Waals surface area contributed by atoms with Gasteiger partial charge in [-0.15, -0.1) is 0 Å². The summed E-state index contributed by atoms with van der Waals surface area (Å²) >= 11 is 7.04. The zero-order valence-electron chi connectivity index (χ0n) is 12.3. The summed E-state index contributed by atoms with van der Waals surface area (Å²) < 4.78 is 15.8. The van der Waals surface area contributed by atoms with Gasteiger partial charge in [0.1, 0.15) is 5.82 Å². The number of halogens is 3. The van der Waals surface area contributed by atoms with Crippen LogP contribution in [0.15, 0.2) is 45.3 Å². The molecule has 0 aliphatic rings. The minimum Gasteiger partial charge on any atom is -0.304 e. The monoisotopic (exact) mass is 413 g/mol. The van der Waals surface area contributed by atoms with Crippen LogP contribution in [0.4, 0.5) is 4.39 Å². The smallest absolute Gasteiger partial charge is 0.126 e. The third-order valence-electron chi connectivity index (χ3n) is 3.62. The maximum Gasteiger partial charge on any atom is 0.126 e. The van der Waals surface area contributed by atoms with Crippen LogP contribution in [0.3, 0.4) is 0 Å². The summed E-state index contributed by atoms with van der Waals surface area (Å²) in [5.41, 5.74) is 2.81. The van der Waals surface area contributed by atoms with Crippen molar-refractivity contribution in [2.75, 3.05) is 0 Å². The molecule has 0 radical (unpaired) electrons. The van der Waals surface area contributed by atoms with Crippen molar-refractivity contribution in [2.24, 2.45) is 0 Å². The normalized spacial score (nSPS) is 14.0. The van der Waals surface area contributed by atoms with E-state index in [-0.39, 0.29) is 17.9 Å². The summed E-state index contributed by atoms with van der Waals surface area (Å²) in [6.07, 6.45) is 0. The molecule has 2 rings (SSSR count). The first-order valence-electron chi connectivity index (χ1n) is 6.85. The molecule has 0 heterocycles. The van der Waals surface area contributed by atoms with E-state index in [4.69, 9.17) is 0 Å². The van der Waals surface area contributed by atoms with E-state index in [2.05, 4.69) is 50.2 Å². The molecule has 0 aromatic heterocycles. The highest BCUT2D eigenvalue weighted by Gasteiger charge is 2.14. The number of hydrogen-bond donors (Lipinski definition) is 1. The van der Waals surface area contributed by atoms with E-state index in [1.54, 1.807) is 13.0 Å². The average molecular weight is 415 g/mol. The number of rotatable bonds is 4. The molecule has 0 fully saturated rings. The molecule has 1 nitrogen and oxygen atoms in total. The third-order valence-corrected chi connectivity index (χ3v) is 4.80. The molecule has 4 heteroatoms. The lowest BCUT2D eigenvalue weighted by Crippen LogP contribution is -2.23. The van der Waals surface area contributed by atoms with Crippen LogP contribution >= 0.6 is 31.9 Å². The third kappa shape index (κ3) is 4.15. The Morgan fingerprint density at radius 2 is 1.71 bits per heavy atom. The van der Waals surface area contributed by atoms with E-state index in [0.717, 1.165) is 14.5 Å². The first-order valence-corrected chi connectivity index (χ1v) is 8.44. The molecule has 0 saturated heterocycles. The predicted molar refractivity (Wildman–Crippen MR) is 92.9 cm³/mol. The fourth-order valence-corrected chi connectivity index (χ4v) is 3.68. The molecule has 0 aliphatic carbocycles. The fraction of sp³-hybridized carbons (Fsp3) is 0.294. The maximum absolute atomic E-state index is 13.7. The second-order valence-electron chi connectivity index (χ2n) is 5.28. The van der Waals surface area contributed by atoms with Crippen molar-refractivity contribution >= 4 is 31.9 Å². The molecule has 0 spiro atoms. The Kier molecular flexibility index (Phi) is 5.58. The lowest BCUT2D eigenvalue weighted by atomic mass is 10.0. The highest BCUT2D eigenvalue weighted by molar-refractivity contribution is 9.11. The second kappa shape index (κ2) is 7.03. The van der Waals surface area contributed by atoms with Crippen LogP contribution in [-0.2, 0) is 0 Å². The van der Waals surface area contributed by atoms with E-state index in [1.807, 2.05) is 31.2 Å². The molecule has 0 amide bonds. The summed E-state index contributed by atoms with van der Waals surface area (Å²) in [5, 5.41) is 3.51. The van der Waals surface area contributed by atoms with Gasteiger partial charge in [0.15, 0.2) is 0 Å². The van der Waals surface area contributed by atoms with Crippen molar-refractivity contribution in [1.29, 1.82) is 0 Å². The van der Waals surface area contributed by atoms with Crippen molar-refractivity contribution in [3.63, 3.8) is 0 Å². The maximum atomic E-state index is 13.7. The van der Waals surface area contributed by atoms with Gasteiger partial charge < -0.3 is 5.32 Å². The van der Waals surface area contributed by atoms with Crippen LogP contribution in [0.5, 0.6) is 0 Å². The summed E-state index contributed by atoms with van der Waals surface area (Å²) in [6.45, 7) is 5.93. The van der Waals surface area contributed by atoms with Gasteiger partial charge in [-0.05, 0) is 55.7 Å². The van der Waals surface area contributed by atoms with Crippen molar-refractivity contribution in [1.82, 2.24) is 5.32 Å². The Hall–Kier alpha value is -0.710. The van der Waals surface area contributed by atoms with Gasteiger partial charge in [0, 0.05) is 21.0 Å². The molecule has 21 heavy (non-hydrogen) atoms. The molecular formula is C17H18Br2FN. The van der Waals surface area contributed by atoms with Gasteiger partial charge in [0.2, 0.25) is 0 Å². The van der Waals surface area contributed by atoms with Crippen LogP contribution in [0.1, 0.15) is 42.6 Å². The van der Waals surface area contributed by atoms with Gasteiger partial charge in [-0.25, -0.2) is 4.39 Å². The summed E-state index contributed by atoms with van der Waals surface area (Å²) in [7, 11) is 0. The second-order valence-corrected chi connectivity index (χ2v) is 7.05. The van der Waals surface area contributed by atoms with Gasteiger partial charge in [-0.2, -0.15) is 0 Å². The molecule has 0 saturated carbocycles. The van der Waals surface area contributed by atoms with Crippen LogP contribution < -0.4 is 5.32 Å². The quantitative estimate of drug-likeness (QED) is 0.639. The largest absolute Gasteiger partial charge is 0.304 e. The summed E-state index contributed by atoms with van der Waals surface area (Å²) in [4.78, 5) is 0. The number of benzene rings is 2. The van der Waals surface area contributed by atoms with Gasteiger partial charge in [0.25, 0.3) is 0 Å². The Labute approximate surface area is 142 Å². The lowest BCUT2D eigenvalue weighted by Gasteiger charge is -2.22. The average Bonchev–Trinajstić information content (AvgIpc) is 2.41. The minimum absolute atomic E-state index is 0.0747. The molecule has 0 bridgehead atoms. The number of nitrogens with one attached hydrogen (secondary N) is 1. The standard InChI is InChI=1S/C17H18Br2FN/c1-10-4-5-13(8-17(10)20)11(2)21-12(3)15-7-6-14(18)9-16(15)19/h4-9,11-12,21H,1-3H3. The van der Waals surface area contributed by atoms with Crippen molar-refractivity contribution in [3.8, 4) is 0 Å². The van der Waals surface area contributed by atoms with E-state index >= 15 is 0 Å². The number of aryl methyl sites for hydroxylation is 1. The topological polar surface area (TPSA) is 12.0 Å². The highest BCUT2D eigenvalue weighted by atomic mass is 79.9. The van der Waals surface area contributed by atoms with Gasteiger partial charge >= 0.3 is 0 Å². The Morgan fingerprint density at radius 3 is 2.33 bits per heavy atom. The first-order chi connectivity index (χ1) is 9.88. The zero-order valence-corrected chi connectivity index (χ0v) is 15.4. The molecule has 2 unspecified atom stereocenters. The van der Waals surface area contributed by atoms with Crippen LogP contribution in [0.2, 0.25) is 0 Å². The van der Waals surface area contributed by atoms with Gasteiger partial charge in [-0.3, -0.25) is 0 Å². The molecule has 2 atom stereocenters. The fourth-order valence-electron chi connectivity index (χ4n) is 2.29. The van der Waals surface area contributed by atoms with Gasteiger partial charge in [-0.1, -0.05) is 50.1 Å². The van der Waals surface area contributed by atoms with E-state index in [9.17, 15) is 4.39 Å². The van der Waals surface area contributed by atoms with Crippen molar-refractivity contribution in [2.45, 2.75) is 32.9 Å². The Balaban J connectivity index is 2.14. The molecule has 2 aromatic carbocycles. The SMILES string of the molecule is Cc1ccc(C(C)NC(C)c2ccc(Br)cc2Br)cc1F.